The summed E-state index contributed by atoms with van der Waals surface area (Å²) in [6.07, 6.45) is 4.66. The molecular weight excluding hydrogens is 414 g/mol. The maximum atomic E-state index is 13.2. The Kier molecular flexibility index (Phi) is 5.73. The molecule has 0 fully saturated rings. The van der Waals surface area contributed by atoms with Gasteiger partial charge in [0.1, 0.15) is 11.8 Å². The molecule has 0 bridgehead atoms. The zero-order chi connectivity index (χ0) is 22.8. The number of Topliss-reactive ketones (excluding diaryl/α,β-unsaturated/α-hetero) is 1. The third kappa shape index (κ3) is 4.16. The van der Waals surface area contributed by atoms with Gasteiger partial charge in [0.25, 0.3) is 0 Å². The molecule has 1 aromatic heterocycles. The summed E-state index contributed by atoms with van der Waals surface area (Å²) in [5.74, 6) is 0.591. The molecule has 0 saturated heterocycles. The second kappa shape index (κ2) is 8.98. The quantitative estimate of drug-likeness (QED) is 0.550. The first kappa shape index (κ1) is 21.1. The van der Waals surface area contributed by atoms with Crippen LogP contribution in [-0.2, 0) is 16.0 Å². The van der Waals surface area contributed by atoms with Crippen molar-refractivity contribution in [2.75, 3.05) is 22.1 Å². The summed E-state index contributed by atoms with van der Waals surface area (Å²) in [7, 11) is 0. The number of ketones is 1. The maximum Gasteiger partial charge on any atom is 0.243 e. The van der Waals surface area contributed by atoms with Crippen molar-refractivity contribution in [2.24, 2.45) is 0 Å². The van der Waals surface area contributed by atoms with Crippen LogP contribution in [0.4, 0.5) is 17.1 Å². The van der Waals surface area contributed by atoms with Crippen LogP contribution < -0.4 is 15.5 Å². The first-order valence-corrected chi connectivity index (χ1v) is 11.4. The van der Waals surface area contributed by atoms with Crippen molar-refractivity contribution >= 4 is 28.8 Å². The van der Waals surface area contributed by atoms with Crippen molar-refractivity contribution in [1.29, 1.82) is 0 Å². The summed E-state index contributed by atoms with van der Waals surface area (Å²) >= 11 is 0. The summed E-state index contributed by atoms with van der Waals surface area (Å²) in [5.41, 5.74) is 5.31. The molecule has 1 atom stereocenters. The molecule has 5 rings (SSSR count). The van der Waals surface area contributed by atoms with E-state index in [4.69, 9.17) is 4.42 Å². The van der Waals surface area contributed by atoms with Gasteiger partial charge in [-0.15, -0.1) is 0 Å². The molecule has 0 unspecified atom stereocenters. The van der Waals surface area contributed by atoms with Gasteiger partial charge in [0.2, 0.25) is 5.91 Å². The van der Waals surface area contributed by atoms with Gasteiger partial charge in [0.05, 0.1) is 24.2 Å². The van der Waals surface area contributed by atoms with Crippen LogP contribution in [-0.4, -0.2) is 18.2 Å². The molecule has 2 N–H and O–H groups in total. The molecule has 1 aliphatic carbocycles. The van der Waals surface area contributed by atoms with E-state index in [1.165, 1.54) is 5.56 Å². The Morgan fingerprint density at radius 2 is 1.91 bits per heavy atom. The van der Waals surface area contributed by atoms with Crippen LogP contribution in [0.25, 0.3) is 0 Å². The van der Waals surface area contributed by atoms with E-state index in [2.05, 4.69) is 17.6 Å². The van der Waals surface area contributed by atoms with E-state index in [-0.39, 0.29) is 18.2 Å². The molecule has 6 heteroatoms. The van der Waals surface area contributed by atoms with Crippen LogP contribution in [0.3, 0.4) is 0 Å². The molecule has 6 nitrogen and oxygen atoms in total. The zero-order valence-corrected chi connectivity index (χ0v) is 18.6. The highest BCUT2D eigenvalue weighted by Gasteiger charge is 2.38. The first-order valence-electron chi connectivity index (χ1n) is 11.4. The monoisotopic (exact) mass is 441 g/mol. The van der Waals surface area contributed by atoms with Crippen molar-refractivity contribution in [1.82, 2.24) is 0 Å². The largest absolute Gasteiger partial charge is 0.467 e. The maximum absolute atomic E-state index is 13.2. The van der Waals surface area contributed by atoms with E-state index in [0.717, 1.165) is 42.0 Å². The predicted molar refractivity (Wildman–Crippen MR) is 129 cm³/mol. The van der Waals surface area contributed by atoms with Crippen molar-refractivity contribution in [3.63, 3.8) is 0 Å². The third-order valence-corrected chi connectivity index (χ3v) is 6.31. The summed E-state index contributed by atoms with van der Waals surface area (Å²) in [5, 5.41) is 6.50. The molecule has 0 saturated carbocycles. The number of furan rings is 1. The number of benzene rings is 2. The number of para-hydroxylation sites is 2. The van der Waals surface area contributed by atoms with Crippen molar-refractivity contribution in [3.8, 4) is 0 Å². The van der Waals surface area contributed by atoms with Gasteiger partial charge >= 0.3 is 0 Å². The molecule has 0 radical (unpaired) electrons. The minimum atomic E-state index is -0.479. The molecule has 33 heavy (non-hydrogen) atoms. The average molecular weight is 442 g/mol. The molecular formula is C27H27N3O3. The lowest BCUT2D eigenvalue weighted by Crippen LogP contribution is -2.38. The fraction of sp³-hybridized carbons (Fsp3) is 0.259. The number of fused-ring (bicyclic) bond motifs is 1. The third-order valence-electron chi connectivity index (χ3n) is 6.31. The molecule has 168 valence electrons. The number of hydrogen-bond donors (Lipinski definition) is 2. The SMILES string of the molecule is CCc1ccc(NC(=O)CN2c3ccccc3NC3=C(C(=O)CCC3)[C@@H]2c2ccco2)cc1. The highest BCUT2D eigenvalue weighted by Crippen LogP contribution is 2.44. The summed E-state index contributed by atoms with van der Waals surface area (Å²) < 4.78 is 5.81. The topological polar surface area (TPSA) is 74.6 Å². The van der Waals surface area contributed by atoms with E-state index in [9.17, 15) is 9.59 Å². The second-order valence-corrected chi connectivity index (χ2v) is 8.46. The number of carbonyl (C=O) groups is 2. The Morgan fingerprint density at radius 1 is 1.09 bits per heavy atom. The van der Waals surface area contributed by atoms with Crippen LogP contribution in [0.1, 0.15) is 43.6 Å². The molecule has 2 heterocycles. The van der Waals surface area contributed by atoms with E-state index >= 15 is 0 Å². The number of carbonyl (C=O) groups excluding carboxylic acids is 2. The Bertz CT molecular complexity index is 1200. The standard InChI is InChI=1S/C27H27N3O3/c1-2-18-12-14-19(15-13-18)28-25(32)17-30-22-9-4-3-7-20(22)29-21-8-5-10-23(31)26(21)27(30)24-11-6-16-33-24/h3-4,6-7,9,11-16,27,29H,2,5,8,10,17H2,1H3,(H,28,32)/t27-/m0/s1. The van der Waals surface area contributed by atoms with Gasteiger partial charge in [-0.05, 0) is 61.2 Å². The number of hydrogen-bond acceptors (Lipinski definition) is 5. The van der Waals surface area contributed by atoms with E-state index in [0.29, 0.717) is 17.8 Å². The average Bonchev–Trinajstić information content (AvgIpc) is 3.31. The smallest absolute Gasteiger partial charge is 0.243 e. The van der Waals surface area contributed by atoms with E-state index < -0.39 is 6.04 Å². The van der Waals surface area contributed by atoms with Crippen molar-refractivity contribution in [3.05, 3.63) is 89.5 Å². The second-order valence-electron chi connectivity index (χ2n) is 8.46. The molecule has 2 aromatic carbocycles. The van der Waals surface area contributed by atoms with Gasteiger partial charge in [-0.25, -0.2) is 0 Å². The fourth-order valence-electron chi connectivity index (χ4n) is 4.70. The van der Waals surface area contributed by atoms with Gasteiger partial charge < -0.3 is 20.0 Å². The number of anilines is 3. The van der Waals surface area contributed by atoms with Crippen molar-refractivity contribution < 1.29 is 14.0 Å². The number of nitrogens with zero attached hydrogens (tertiary/aromatic N) is 1. The first-order chi connectivity index (χ1) is 16.1. The lowest BCUT2D eigenvalue weighted by Gasteiger charge is -2.33. The van der Waals surface area contributed by atoms with Gasteiger partial charge in [0.15, 0.2) is 5.78 Å². The van der Waals surface area contributed by atoms with Gasteiger partial charge in [-0.3, -0.25) is 9.59 Å². The minimum Gasteiger partial charge on any atom is -0.467 e. The highest BCUT2D eigenvalue weighted by atomic mass is 16.3. The molecule has 1 amide bonds. The van der Waals surface area contributed by atoms with Crippen LogP contribution in [0, 0.1) is 0 Å². The van der Waals surface area contributed by atoms with Gasteiger partial charge in [-0.1, -0.05) is 31.2 Å². The number of amides is 1. The van der Waals surface area contributed by atoms with Gasteiger partial charge in [-0.2, -0.15) is 0 Å². The van der Waals surface area contributed by atoms with Gasteiger partial charge in [0, 0.05) is 23.4 Å². The highest BCUT2D eigenvalue weighted by molar-refractivity contribution is 6.02. The van der Waals surface area contributed by atoms with E-state index in [1.807, 2.05) is 65.6 Å². The Labute approximate surface area is 193 Å². The molecule has 1 aliphatic heterocycles. The summed E-state index contributed by atoms with van der Waals surface area (Å²) in [4.78, 5) is 28.3. The summed E-state index contributed by atoms with van der Waals surface area (Å²) in [6, 6.07) is 19.0. The number of allylic oxidation sites excluding steroid dienone is 1. The number of nitrogens with one attached hydrogen (secondary N) is 2. The van der Waals surface area contributed by atoms with Crippen LogP contribution >= 0.6 is 0 Å². The number of aryl methyl sites for hydroxylation is 1. The lowest BCUT2D eigenvalue weighted by atomic mass is 9.88. The normalized spacial score (nSPS) is 17.7. The fourth-order valence-corrected chi connectivity index (χ4v) is 4.70. The van der Waals surface area contributed by atoms with Crippen LogP contribution in [0.5, 0.6) is 0 Å². The Morgan fingerprint density at radius 3 is 2.67 bits per heavy atom. The lowest BCUT2D eigenvalue weighted by molar-refractivity contribution is -0.117. The Hall–Kier alpha value is -3.80. The molecule has 2 aliphatic rings. The van der Waals surface area contributed by atoms with E-state index in [1.54, 1.807) is 6.26 Å². The Balaban J connectivity index is 1.54. The van der Waals surface area contributed by atoms with Crippen LogP contribution in [0.15, 0.2) is 82.6 Å². The van der Waals surface area contributed by atoms with Crippen molar-refractivity contribution in [2.45, 2.75) is 38.6 Å². The molecule has 0 spiro atoms. The summed E-state index contributed by atoms with van der Waals surface area (Å²) in [6.45, 7) is 2.17. The predicted octanol–water partition coefficient (Wildman–Crippen LogP) is 5.46. The molecule has 3 aromatic rings. The minimum absolute atomic E-state index is 0.0731. The zero-order valence-electron chi connectivity index (χ0n) is 18.6. The van der Waals surface area contributed by atoms with Crippen LogP contribution in [0.2, 0.25) is 0 Å². The number of rotatable bonds is 5.